The number of halogens is 1. The summed E-state index contributed by atoms with van der Waals surface area (Å²) in [6.45, 7) is 0. The molecule has 1 aliphatic heterocycles. The van der Waals surface area contributed by atoms with Gasteiger partial charge in [-0.05, 0) is 0 Å². The quantitative estimate of drug-likeness (QED) is 0.750. The minimum Gasteiger partial charge on any atom is -0.311 e. The predicted octanol–water partition coefficient (Wildman–Crippen LogP) is 2.26. The van der Waals surface area contributed by atoms with Crippen LogP contribution in [0.3, 0.4) is 0 Å². The van der Waals surface area contributed by atoms with Crippen LogP contribution in [0, 0.1) is 0 Å². The Morgan fingerprint density at radius 1 is 1.55 bits per heavy atom. The summed E-state index contributed by atoms with van der Waals surface area (Å²) in [6.07, 6.45) is 4.06. The van der Waals surface area contributed by atoms with E-state index >= 15 is 0 Å². The average Bonchev–Trinajstić information content (AvgIpc) is 3.04. The Kier molecular flexibility index (Phi) is 2.42. The number of aromatic nitrogens is 4. The van der Waals surface area contributed by atoms with Crippen LogP contribution in [-0.2, 0) is 11.8 Å². The molecule has 8 heteroatoms. The van der Waals surface area contributed by atoms with E-state index in [4.69, 9.17) is 11.6 Å². The molecule has 6 nitrogen and oxygen atoms in total. The fourth-order valence-corrected chi connectivity index (χ4v) is 3.75. The molecule has 0 saturated carbocycles. The summed E-state index contributed by atoms with van der Waals surface area (Å²) in [5, 5.41) is 9.48. The van der Waals surface area contributed by atoms with Crippen molar-refractivity contribution in [2.45, 2.75) is 12.3 Å². The summed E-state index contributed by atoms with van der Waals surface area (Å²) >= 11 is 7.80. The fourth-order valence-electron chi connectivity index (χ4n) is 2.67. The number of anilines is 1. The number of aryl methyl sites for hydroxylation is 1. The Hall–Kier alpha value is -1.86. The van der Waals surface area contributed by atoms with E-state index in [0.29, 0.717) is 11.6 Å². The van der Waals surface area contributed by atoms with E-state index in [9.17, 15) is 4.79 Å². The highest BCUT2D eigenvalue weighted by Crippen LogP contribution is 2.40. The second kappa shape index (κ2) is 4.07. The molecule has 3 aromatic rings. The molecule has 0 aromatic carbocycles. The van der Waals surface area contributed by atoms with Crippen molar-refractivity contribution < 1.29 is 4.79 Å². The number of thiazole rings is 1. The molecule has 4 rings (SSSR count). The van der Waals surface area contributed by atoms with Gasteiger partial charge in [-0.2, -0.15) is 5.10 Å². The molecule has 20 heavy (non-hydrogen) atoms. The largest absolute Gasteiger partial charge is 0.311 e. The van der Waals surface area contributed by atoms with Crippen LogP contribution in [0.4, 0.5) is 5.82 Å². The lowest BCUT2D eigenvalue weighted by molar-refractivity contribution is -0.116. The van der Waals surface area contributed by atoms with Crippen LogP contribution in [0.25, 0.3) is 4.96 Å². The van der Waals surface area contributed by atoms with Crippen LogP contribution >= 0.6 is 22.9 Å². The molecule has 1 atom stereocenters. The van der Waals surface area contributed by atoms with E-state index in [0.717, 1.165) is 22.0 Å². The van der Waals surface area contributed by atoms with Crippen molar-refractivity contribution in [3.63, 3.8) is 0 Å². The number of hydrogen-bond donors (Lipinski definition) is 1. The molecule has 0 aliphatic carbocycles. The first-order chi connectivity index (χ1) is 9.65. The van der Waals surface area contributed by atoms with Gasteiger partial charge in [0, 0.05) is 36.5 Å². The molecule has 1 aliphatic rings. The second-order valence-electron chi connectivity index (χ2n) is 4.72. The van der Waals surface area contributed by atoms with Crippen molar-refractivity contribution in [3.8, 4) is 0 Å². The highest BCUT2D eigenvalue weighted by molar-refractivity contribution is 7.15. The number of rotatable bonds is 1. The predicted molar refractivity (Wildman–Crippen MR) is 76.4 cm³/mol. The SMILES string of the molecule is Cn1ncc2c1NC(=O)CC2c1c(Cl)nc2sccn12. The first-order valence-corrected chi connectivity index (χ1v) is 7.33. The summed E-state index contributed by atoms with van der Waals surface area (Å²) in [5.74, 6) is 0.574. The lowest BCUT2D eigenvalue weighted by Crippen LogP contribution is -2.25. The highest BCUT2D eigenvalue weighted by atomic mass is 35.5. The first kappa shape index (κ1) is 11.9. The lowest BCUT2D eigenvalue weighted by Gasteiger charge is -2.22. The Bertz CT molecular complexity index is 832. The number of fused-ring (bicyclic) bond motifs is 2. The van der Waals surface area contributed by atoms with Crippen LogP contribution < -0.4 is 5.32 Å². The van der Waals surface area contributed by atoms with Crippen molar-refractivity contribution >= 4 is 39.6 Å². The van der Waals surface area contributed by atoms with Gasteiger partial charge >= 0.3 is 0 Å². The number of nitrogens with zero attached hydrogens (tertiary/aromatic N) is 4. The van der Waals surface area contributed by atoms with E-state index in [-0.39, 0.29) is 11.8 Å². The Morgan fingerprint density at radius 2 is 2.40 bits per heavy atom. The Morgan fingerprint density at radius 3 is 3.25 bits per heavy atom. The van der Waals surface area contributed by atoms with Crippen molar-refractivity contribution in [1.82, 2.24) is 19.2 Å². The molecule has 0 bridgehead atoms. The molecule has 1 unspecified atom stereocenters. The number of imidazole rings is 1. The topological polar surface area (TPSA) is 64.2 Å². The molecular formula is C12H10ClN5OS. The van der Waals surface area contributed by atoms with Crippen LogP contribution in [0.5, 0.6) is 0 Å². The van der Waals surface area contributed by atoms with Crippen LogP contribution in [0.15, 0.2) is 17.8 Å². The molecule has 0 fully saturated rings. The van der Waals surface area contributed by atoms with Gasteiger partial charge in [0.25, 0.3) is 0 Å². The molecular weight excluding hydrogens is 298 g/mol. The fraction of sp³-hybridized carbons (Fsp3) is 0.250. The van der Waals surface area contributed by atoms with Gasteiger partial charge in [-0.3, -0.25) is 13.9 Å². The Balaban J connectivity index is 1.96. The number of carbonyl (C=O) groups excluding carboxylic acids is 1. The molecule has 1 amide bonds. The van der Waals surface area contributed by atoms with Crippen LogP contribution in [0.1, 0.15) is 23.6 Å². The van der Waals surface area contributed by atoms with Gasteiger partial charge in [-0.25, -0.2) is 4.98 Å². The molecule has 0 saturated heterocycles. The zero-order valence-electron chi connectivity index (χ0n) is 10.5. The summed E-state index contributed by atoms with van der Waals surface area (Å²) in [4.78, 5) is 17.1. The normalized spacial score (nSPS) is 18.3. The van der Waals surface area contributed by atoms with Gasteiger partial charge in [0.15, 0.2) is 10.1 Å². The molecule has 1 N–H and O–H groups in total. The molecule has 0 radical (unpaired) electrons. The van der Waals surface area contributed by atoms with Gasteiger partial charge in [0.2, 0.25) is 5.91 Å². The summed E-state index contributed by atoms with van der Waals surface area (Å²) < 4.78 is 3.62. The van der Waals surface area contributed by atoms with Crippen LogP contribution in [0.2, 0.25) is 5.15 Å². The number of amides is 1. The zero-order valence-corrected chi connectivity index (χ0v) is 12.1. The van der Waals surface area contributed by atoms with E-state index in [2.05, 4.69) is 15.4 Å². The monoisotopic (exact) mass is 307 g/mol. The third-order valence-electron chi connectivity index (χ3n) is 3.57. The molecule has 3 aromatic heterocycles. The standard InChI is InChI=1S/C12H10ClN5OS/c1-17-11-7(5-14-17)6(4-8(19)15-11)9-10(13)16-12-18(9)2-3-20-12/h2-3,5-6H,4H2,1H3,(H,15,19). The average molecular weight is 308 g/mol. The smallest absolute Gasteiger partial charge is 0.226 e. The zero-order chi connectivity index (χ0) is 13.9. The lowest BCUT2D eigenvalue weighted by atomic mass is 9.91. The third-order valence-corrected chi connectivity index (χ3v) is 4.61. The Labute approximate surface area is 123 Å². The summed E-state index contributed by atoms with van der Waals surface area (Å²) in [6, 6.07) is 0. The van der Waals surface area contributed by atoms with Gasteiger partial charge < -0.3 is 5.32 Å². The summed E-state index contributed by atoms with van der Waals surface area (Å²) in [5.41, 5.74) is 1.83. The first-order valence-electron chi connectivity index (χ1n) is 6.08. The molecule has 4 heterocycles. The highest BCUT2D eigenvalue weighted by Gasteiger charge is 2.33. The minimum absolute atomic E-state index is 0.0349. The number of carbonyl (C=O) groups is 1. The van der Waals surface area contributed by atoms with Gasteiger partial charge in [-0.1, -0.05) is 11.6 Å². The van der Waals surface area contributed by atoms with Gasteiger partial charge in [0.1, 0.15) is 5.82 Å². The van der Waals surface area contributed by atoms with E-state index < -0.39 is 0 Å². The van der Waals surface area contributed by atoms with Gasteiger partial charge in [-0.15, -0.1) is 11.3 Å². The van der Waals surface area contributed by atoms with E-state index in [1.165, 1.54) is 11.3 Å². The van der Waals surface area contributed by atoms with E-state index in [1.54, 1.807) is 17.9 Å². The number of nitrogens with one attached hydrogen (secondary N) is 1. The molecule has 102 valence electrons. The number of hydrogen-bond acceptors (Lipinski definition) is 4. The third kappa shape index (κ3) is 1.53. The maximum atomic E-state index is 11.9. The van der Waals surface area contributed by atoms with Crippen molar-refractivity contribution in [2.75, 3.05) is 5.32 Å². The maximum Gasteiger partial charge on any atom is 0.226 e. The second-order valence-corrected chi connectivity index (χ2v) is 5.95. The summed E-state index contributed by atoms with van der Waals surface area (Å²) in [7, 11) is 1.81. The van der Waals surface area contributed by atoms with Crippen molar-refractivity contribution in [2.24, 2.45) is 7.05 Å². The van der Waals surface area contributed by atoms with Crippen LogP contribution in [-0.4, -0.2) is 25.1 Å². The minimum atomic E-state index is -0.121. The van der Waals surface area contributed by atoms with Crippen molar-refractivity contribution in [1.29, 1.82) is 0 Å². The van der Waals surface area contributed by atoms with E-state index in [1.807, 2.05) is 16.0 Å². The molecule has 0 spiro atoms. The van der Waals surface area contributed by atoms with Gasteiger partial charge in [0.05, 0.1) is 11.9 Å². The maximum absolute atomic E-state index is 11.9. The van der Waals surface area contributed by atoms with Crippen molar-refractivity contribution in [3.05, 3.63) is 34.2 Å².